The molecule has 1 aromatic heterocycles. The van der Waals surface area contributed by atoms with Crippen molar-refractivity contribution in [3.05, 3.63) is 29.6 Å². The second-order valence-corrected chi connectivity index (χ2v) is 5.67. The molecule has 0 spiro atoms. The molecule has 1 unspecified atom stereocenters. The predicted octanol–water partition coefficient (Wildman–Crippen LogP) is 3.05. The van der Waals surface area contributed by atoms with E-state index in [0.29, 0.717) is 0 Å². The van der Waals surface area contributed by atoms with Crippen LogP contribution < -0.4 is 0 Å². The summed E-state index contributed by atoms with van der Waals surface area (Å²) in [6, 6.07) is 5.57. The van der Waals surface area contributed by atoms with Gasteiger partial charge in [-0.05, 0) is 24.6 Å². The third kappa shape index (κ3) is 2.23. The summed E-state index contributed by atoms with van der Waals surface area (Å²) < 4.78 is 0. The second-order valence-electron chi connectivity index (χ2n) is 5.67. The molecule has 0 saturated carbocycles. The number of fused-ring (bicyclic) bond motifs is 1. The van der Waals surface area contributed by atoms with Crippen LogP contribution in [0.25, 0.3) is 11.0 Å². The Labute approximate surface area is 106 Å². The van der Waals surface area contributed by atoms with Crippen molar-refractivity contribution < 1.29 is 9.90 Å². The molecular formula is C14H18N2O2. The third-order valence-corrected chi connectivity index (χ3v) is 3.09. The maximum atomic E-state index is 11.0. The van der Waals surface area contributed by atoms with E-state index in [2.05, 4.69) is 30.7 Å². The summed E-state index contributed by atoms with van der Waals surface area (Å²) in [7, 11) is 0. The van der Waals surface area contributed by atoms with Crippen molar-refractivity contribution in [3.8, 4) is 0 Å². The van der Waals surface area contributed by atoms with Crippen molar-refractivity contribution in [2.45, 2.75) is 39.0 Å². The van der Waals surface area contributed by atoms with Crippen LogP contribution in [-0.4, -0.2) is 21.0 Å². The van der Waals surface area contributed by atoms with Gasteiger partial charge in [0.1, 0.15) is 5.82 Å². The van der Waals surface area contributed by atoms with Gasteiger partial charge in [-0.15, -0.1) is 0 Å². The summed E-state index contributed by atoms with van der Waals surface area (Å²) in [4.78, 5) is 18.8. The zero-order chi connectivity index (χ0) is 13.5. The topological polar surface area (TPSA) is 66.0 Å². The van der Waals surface area contributed by atoms with Gasteiger partial charge in [-0.2, -0.15) is 0 Å². The normalized spacial score (nSPS) is 13.8. The molecule has 0 aliphatic heterocycles. The largest absolute Gasteiger partial charge is 0.481 e. The Morgan fingerprint density at radius 3 is 2.61 bits per heavy atom. The summed E-state index contributed by atoms with van der Waals surface area (Å²) in [6.45, 7) is 7.95. The van der Waals surface area contributed by atoms with Gasteiger partial charge in [0.2, 0.25) is 0 Å². The van der Waals surface area contributed by atoms with Crippen LogP contribution in [0.2, 0.25) is 0 Å². The number of nitrogens with zero attached hydrogens (tertiary/aromatic N) is 1. The lowest BCUT2D eigenvalue weighted by Gasteiger charge is -2.13. The summed E-state index contributed by atoms with van der Waals surface area (Å²) >= 11 is 0. The van der Waals surface area contributed by atoms with Crippen molar-refractivity contribution >= 4 is 17.0 Å². The average Bonchev–Trinajstić information content (AvgIpc) is 2.69. The number of hydrogen-bond acceptors (Lipinski definition) is 2. The number of H-pyrrole nitrogens is 1. The minimum Gasteiger partial charge on any atom is -0.481 e. The first-order valence-electron chi connectivity index (χ1n) is 6.02. The molecule has 0 radical (unpaired) electrons. The number of aromatic amines is 1. The first-order chi connectivity index (χ1) is 8.29. The van der Waals surface area contributed by atoms with Crippen LogP contribution in [0, 0.1) is 0 Å². The van der Waals surface area contributed by atoms with Crippen molar-refractivity contribution in [1.29, 1.82) is 0 Å². The van der Waals surface area contributed by atoms with Crippen LogP contribution >= 0.6 is 0 Å². The first kappa shape index (κ1) is 12.6. The number of aromatic nitrogens is 2. The van der Waals surface area contributed by atoms with E-state index in [4.69, 9.17) is 5.11 Å². The van der Waals surface area contributed by atoms with E-state index in [1.165, 1.54) is 0 Å². The van der Waals surface area contributed by atoms with Crippen LogP contribution in [0.4, 0.5) is 0 Å². The first-order valence-corrected chi connectivity index (χ1v) is 6.02. The maximum Gasteiger partial charge on any atom is 0.310 e. The van der Waals surface area contributed by atoms with Crippen molar-refractivity contribution in [1.82, 2.24) is 9.97 Å². The van der Waals surface area contributed by atoms with Gasteiger partial charge in [0.05, 0.1) is 17.0 Å². The molecule has 1 heterocycles. The number of benzene rings is 1. The summed E-state index contributed by atoms with van der Waals surface area (Å²) in [5.41, 5.74) is 2.52. The fourth-order valence-electron chi connectivity index (χ4n) is 1.79. The number of imidazole rings is 1. The van der Waals surface area contributed by atoms with Crippen LogP contribution in [0.15, 0.2) is 18.2 Å². The quantitative estimate of drug-likeness (QED) is 0.855. The molecule has 2 N–H and O–H groups in total. The molecule has 4 heteroatoms. The van der Waals surface area contributed by atoms with Gasteiger partial charge in [-0.1, -0.05) is 26.8 Å². The van der Waals surface area contributed by atoms with E-state index in [0.717, 1.165) is 22.4 Å². The smallest absolute Gasteiger partial charge is 0.310 e. The van der Waals surface area contributed by atoms with E-state index in [1.807, 2.05) is 18.2 Å². The molecule has 0 aliphatic carbocycles. The molecule has 0 saturated heterocycles. The Hall–Kier alpha value is -1.84. The maximum absolute atomic E-state index is 11.0. The van der Waals surface area contributed by atoms with Gasteiger partial charge in [-0.3, -0.25) is 4.79 Å². The number of nitrogens with one attached hydrogen (secondary N) is 1. The van der Waals surface area contributed by atoms with Crippen LogP contribution in [0.5, 0.6) is 0 Å². The highest BCUT2D eigenvalue weighted by molar-refractivity contribution is 5.80. The average molecular weight is 246 g/mol. The summed E-state index contributed by atoms with van der Waals surface area (Å²) in [5.74, 6) is -0.404. The summed E-state index contributed by atoms with van der Waals surface area (Å²) in [6.07, 6.45) is 0. The molecule has 0 fully saturated rings. The molecule has 1 atom stereocenters. The van der Waals surface area contributed by atoms with Crippen LogP contribution in [-0.2, 0) is 10.2 Å². The van der Waals surface area contributed by atoms with E-state index in [1.54, 1.807) is 6.92 Å². The fourth-order valence-corrected chi connectivity index (χ4v) is 1.79. The molecule has 96 valence electrons. The van der Waals surface area contributed by atoms with Gasteiger partial charge < -0.3 is 10.1 Å². The Morgan fingerprint density at radius 2 is 2.06 bits per heavy atom. The van der Waals surface area contributed by atoms with E-state index in [-0.39, 0.29) is 5.41 Å². The zero-order valence-electron chi connectivity index (χ0n) is 11.1. The molecule has 2 rings (SSSR count). The highest BCUT2D eigenvalue weighted by atomic mass is 16.4. The highest BCUT2D eigenvalue weighted by Crippen LogP contribution is 2.25. The lowest BCUT2D eigenvalue weighted by atomic mass is 9.96. The lowest BCUT2D eigenvalue weighted by Crippen LogP contribution is -2.12. The Balaban J connectivity index is 2.49. The van der Waals surface area contributed by atoms with Gasteiger partial charge in [0, 0.05) is 5.41 Å². The Bertz CT molecular complexity index is 593. The molecule has 2 aromatic rings. The van der Waals surface area contributed by atoms with Crippen molar-refractivity contribution in [3.63, 3.8) is 0 Å². The molecule has 18 heavy (non-hydrogen) atoms. The van der Waals surface area contributed by atoms with Gasteiger partial charge in [0.15, 0.2) is 0 Å². The molecule has 0 aliphatic rings. The van der Waals surface area contributed by atoms with Crippen molar-refractivity contribution in [2.75, 3.05) is 0 Å². The molecular weight excluding hydrogens is 228 g/mol. The van der Waals surface area contributed by atoms with Crippen molar-refractivity contribution in [2.24, 2.45) is 0 Å². The van der Waals surface area contributed by atoms with Gasteiger partial charge in [0.25, 0.3) is 0 Å². The van der Waals surface area contributed by atoms with E-state index in [9.17, 15) is 4.79 Å². The minimum atomic E-state index is -0.815. The number of carboxylic acid groups (broad SMARTS) is 1. The number of carboxylic acids is 1. The zero-order valence-corrected chi connectivity index (χ0v) is 11.1. The van der Waals surface area contributed by atoms with Crippen LogP contribution in [0.1, 0.15) is 45.0 Å². The van der Waals surface area contributed by atoms with E-state index >= 15 is 0 Å². The highest BCUT2D eigenvalue weighted by Gasteiger charge is 2.19. The third-order valence-electron chi connectivity index (χ3n) is 3.09. The predicted molar refractivity (Wildman–Crippen MR) is 70.8 cm³/mol. The molecule has 4 nitrogen and oxygen atoms in total. The monoisotopic (exact) mass is 246 g/mol. The van der Waals surface area contributed by atoms with E-state index < -0.39 is 11.9 Å². The molecule has 0 bridgehead atoms. The SMILES string of the molecule is CC(C(=O)O)c1ccc2nc(C(C)(C)C)[nH]c2c1. The Kier molecular flexibility index (Phi) is 2.89. The number of aliphatic carboxylic acids is 1. The number of rotatable bonds is 2. The molecule has 0 amide bonds. The van der Waals surface area contributed by atoms with Gasteiger partial charge >= 0.3 is 5.97 Å². The van der Waals surface area contributed by atoms with Crippen LogP contribution in [0.3, 0.4) is 0 Å². The lowest BCUT2D eigenvalue weighted by molar-refractivity contribution is -0.138. The fraction of sp³-hybridized carbons (Fsp3) is 0.429. The molecule has 1 aromatic carbocycles. The second kappa shape index (κ2) is 4.12. The van der Waals surface area contributed by atoms with Gasteiger partial charge in [-0.25, -0.2) is 4.98 Å². The number of carbonyl (C=O) groups is 1. The summed E-state index contributed by atoms with van der Waals surface area (Å²) in [5, 5.41) is 9.02. The number of hydrogen-bond donors (Lipinski definition) is 2. The standard InChI is InChI=1S/C14H18N2O2/c1-8(12(17)18)9-5-6-10-11(7-9)16-13(15-10)14(2,3)4/h5-8H,1-4H3,(H,15,16)(H,17,18). The Morgan fingerprint density at radius 1 is 1.39 bits per heavy atom. The minimum absolute atomic E-state index is 0.0441.